The number of carbonyl (C=O) groups is 2. The molecule has 0 aromatic carbocycles. The Morgan fingerprint density at radius 1 is 0.787 bits per heavy atom. The van der Waals surface area contributed by atoms with Gasteiger partial charge in [0.1, 0.15) is 0 Å². The van der Waals surface area contributed by atoms with Crippen LogP contribution < -0.4 is 10.7 Å². The van der Waals surface area contributed by atoms with Gasteiger partial charge in [-0.15, -0.1) is 0 Å². The fourth-order valence-corrected chi connectivity index (χ4v) is 18.1. The second-order valence-corrected chi connectivity index (χ2v) is 25.7. The molecule has 47 heavy (non-hydrogen) atoms. The van der Waals surface area contributed by atoms with Gasteiger partial charge in [-0.05, 0) is 0 Å². The summed E-state index contributed by atoms with van der Waals surface area (Å²) in [4.78, 5) is 35.0. The summed E-state index contributed by atoms with van der Waals surface area (Å²) in [5.74, 6) is -0.619. The number of esters is 2. The van der Waals surface area contributed by atoms with Crippen molar-refractivity contribution < 1.29 is 19.1 Å². The average molecular weight is 778 g/mol. The van der Waals surface area contributed by atoms with Gasteiger partial charge < -0.3 is 0 Å². The van der Waals surface area contributed by atoms with Crippen molar-refractivity contribution in [2.24, 2.45) is 9.98 Å². The van der Waals surface area contributed by atoms with Crippen LogP contribution in [0.3, 0.4) is 0 Å². The van der Waals surface area contributed by atoms with E-state index in [0.29, 0.717) is 12.8 Å². The van der Waals surface area contributed by atoms with Gasteiger partial charge in [0.25, 0.3) is 0 Å². The number of rotatable bonds is 8. The third kappa shape index (κ3) is 5.29. The van der Waals surface area contributed by atoms with Gasteiger partial charge in [-0.1, -0.05) is 0 Å². The Morgan fingerprint density at radius 3 is 2.02 bits per heavy atom. The second kappa shape index (κ2) is 12.4. The number of halogens is 2. The van der Waals surface area contributed by atoms with Crippen molar-refractivity contribution in [1.82, 2.24) is 5.58 Å². The third-order valence-electron chi connectivity index (χ3n) is 9.52. The molecule has 0 aliphatic carbocycles. The minimum atomic E-state index is -4.83. The van der Waals surface area contributed by atoms with Crippen LogP contribution in [0.25, 0.3) is 30.4 Å². The number of methoxy groups -OCH3 is 2. The van der Waals surface area contributed by atoms with Crippen LogP contribution >= 0.6 is 17.8 Å². The fraction of sp³-hybridized carbons (Fsp3) is 0.278. The molecule has 0 spiro atoms. The van der Waals surface area contributed by atoms with E-state index in [0.717, 1.165) is 89.4 Å². The van der Waals surface area contributed by atoms with E-state index in [1.165, 1.54) is 14.2 Å². The van der Waals surface area contributed by atoms with Gasteiger partial charge in [-0.25, -0.2) is 0 Å². The molecular formula is C36H36Cl2N4O4Sn. The van der Waals surface area contributed by atoms with Crippen LogP contribution in [0.15, 0.2) is 62.9 Å². The normalized spacial score (nSPS) is 17.2. The fourth-order valence-electron chi connectivity index (χ4n) is 6.91. The molecule has 0 N–H and O–H groups in total. The van der Waals surface area contributed by atoms with Crippen LogP contribution in [0.4, 0.5) is 0 Å². The summed E-state index contributed by atoms with van der Waals surface area (Å²) in [6, 6.07) is 0. The number of aliphatic imine (C=N–C) groups is 2. The molecule has 6 bridgehead atoms. The second-order valence-electron chi connectivity index (χ2n) is 11.9. The Kier molecular flexibility index (Phi) is 8.82. The molecule has 0 radical (unpaired) electrons. The zero-order chi connectivity index (χ0) is 33.9. The van der Waals surface area contributed by atoms with Crippen molar-refractivity contribution in [2.45, 2.75) is 53.4 Å². The Morgan fingerprint density at radius 2 is 1.38 bits per heavy atom. The van der Waals surface area contributed by atoms with Crippen LogP contribution in [0.1, 0.15) is 66.8 Å². The maximum atomic E-state index is 12.5. The zero-order valence-electron chi connectivity index (χ0n) is 27.4. The summed E-state index contributed by atoms with van der Waals surface area (Å²) < 4.78 is 14.2. The minimum absolute atomic E-state index is 0.166. The molecule has 6 heterocycles. The summed E-state index contributed by atoms with van der Waals surface area (Å²) in [6.07, 6.45) is 13.0. The Balaban J connectivity index is 1.83. The summed E-state index contributed by atoms with van der Waals surface area (Å²) in [5, 5.41) is 1.59. The van der Waals surface area contributed by atoms with E-state index in [1.807, 2.05) is 64.2 Å². The topological polar surface area (TPSA) is 87.2 Å². The van der Waals surface area contributed by atoms with E-state index in [-0.39, 0.29) is 24.8 Å². The van der Waals surface area contributed by atoms with E-state index in [2.05, 4.69) is 18.7 Å². The van der Waals surface area contributed by atoms with E-state index in [4.69, 9.17) is 37.3 Å². The van der Waals surface area contributed by atoms with Crippen molar-refractivity contribution in [3.63, 3.8) is 0 Å². The first-order valence-electron chi connectivity index (χ1n) is 15.4. The van der Waals surface area contributed by atoms with Crippen molar-refractivity contribution in [3.05, 3.63) is 97.3 Å². The summed E-state index contributed by atoms with van der Waals surface area (Å²) in [5.41, 5.74) is 12.2. The summed E-state index contributed by atoms with van der Waals surface area (Å²) in [6.45, 7) is 16.4. The first-order chi connectivity index (χ1) is 22.4. The number of hydrogen-bond acceptors (Lipinski definition) is 6. The number of ether oxygens (including phenoxy) is 2. The molecule has 0 saturated carbocycles. The molecule has 0 fully saturated rings. The number of nitrogens with zero attached hydrogens (tertiary/aromatic N) is 4. The number of hydrogen-bond donors (Lipinski definition) is 0. The molecule has 11 heteroatoms. The van der Waals surface area contributed by atoms with Gasteiger partial charge >= 0.3 is 288 Å². The van der Waals surface area contributed by atoms with Gasteiger partial charge in [-0.2, -0.15) is 0 Å². The number of aromatic nitrogens is 2. The number of fused-ring (bicyclic) bond motifs is 2. The molecule has 0 unspecified atom stereocenters. The van der Waals surface area contributed by atoms with Gasteiger partial charge in [0.15, 0.2) is 0 Å². The van der Waals surface area contributed by atoms with Gasteiger partial charge in [0.05, 0.1) is 0 Å². The number of carbonyl (C=O) groups excluding carboxylic acids is 2. The molecule has 0 amide bonds. The average Bonchev–Trinajstić information content (AvgIpc) is 3.68. The quantitative estimate of drug-likeness (QED) is 0.246. The molecule has 242 valence electrons. The molecule has 0 saturated heterocycles. The van der Waals surface area contributed by atoms with Crippen LogP contribution in [-0.2, 0) is 25.5 Å². The predicted molar refractivity (Wildman–Crippen MR) is 193 cm³/mol. The Hall–Kier alpha value is -3.60. The van der Waals surface area contributed by atoms with Crippen molar-refractivity contribution in [1.29, 1.82) is 0 Å². The number of allylic oxidation sites excluding steroid dienone is 5. The first kappa shape index (κ1) is 33.3. The van der Waals surface area contributed by atoms with Gasteiger partial charge in [-0.3, -0.25) is 0 Å². The molecule has 2 aromatic rings. The maximum absolute atomic E-state index is 12.5. The van der Waals surface area contributed by atoms with Crippen LogP contribution in [0, 0.1) is 13.8 Å². The molecule has 4 aliphatic rings. The molecule has 4 aliphatic heterocycles. The van der Waals surface area contributed by atoms with Crippen molar-refractivity contribution >= 4 is 88.3 Å². The van der Waals surface area contributed by atoms with Gasteiger partial charge in [0.2, 0.25) is 0 Å². The molecule has 2 aromatic heterocycles. The van der Waals surface area contributed by atoms with Crippen molar-refractivity contribution in [2.75, 3.05) is 14.2 Å². The molecule has 0 atom stereocenters. The molecule has 6 rings (SSSR count). The Bertz CT molecular complexity index is 2150. The summed E-state index contributed by atoms with van der Waals surface area (Å²) in [7, 11) is 18.6. The van der Waals surface area contributed by atoms with E-state index in [1.54, 1.807) is 0 Å². The van der Waals surface area contributed by atoms with Crippen LogP contribution in [0.5, 0.6) is 0 Å². The monoisotopic (exact) mass is 778 g/mol. The van der Waals surface area contributed by atoms with E-state index in [9.17, 15) is 9.59 Å². The van der Waals surface area contributed by atoms with Gasteiger partial charge in [0, 0.05) is 0 Å². The molecular weight excluding hydrogens is 742 g/mol. The van der Waals surface area contributed by atoms with E-state index < -0.39 is 16.7 Å². The zero-order valence-corrected chi connectivity index (χ0v) is 31.8. The summed E-state index contributed by atoms with van der Waals surface area (Å²) >= 11 is -4.83. The first-order valence-corrected chi connectivity index (χ1v) is 25.1. The standard InChI is InChI=1S/C36H36N4O4.2ClH.Sn/c1-9-23-19(3)27-15-28-21(5)25(11-13-35(41)43-7)33(39-28)18-34-26(12-14-36(42)44-8)22(6)30(40-34)17-32-24(10-2)20(4)29(38-32)16-31(23)37-27;;;/h9-10,15-18H,1-2,11-14H2,3-8H3;2*1H;/q-2;;;+4/p-2. The van der Waals surface area contributed by atoms with Crippen LogP contribution in [0.2, 0.25) is 0 Å². The van der Waals surface area contributed by atoms with Crippen molar-refractivity contribution in [3.8, 4) is 0 Å². The molecule has 8 nitrogen and oxygen atoms in total. The van der Waals surface area contributed by atoms with Crippen LogP contribution in [-0.4, -0.2) is 59.8 Å². The predicted octanol–water partition coefficient (Wildman–Crippen LogP) is 5.92. The van der Waals surface area contributed by atoms with E-state index >= 15 is 0 Å². The third-order valence-corrected chi connectivity index (χ3v) is 19.9. The SMILES string of the molecule is C=CC1=C(C)C2=Cc3c(C=C)c(C)c4[n]3[Sn]([Cl])([Cl])[n]3c(c(C)c(CCC(=O)OC)c3=CC3=NC(=C4)C(C)=C3CCC(=O)OC)=CC1=N2. The Labute approximate surface area is 286 Å².